The van der Waals surface area contributed by atoms with E-state index in [1.165, 1.54) is 6.42 Å². The molecule has 0 amide bonds. The molecule has 0 aromatic rings. The van der Waals surface area contributed by atoms with Gasteiger partial charge in [0.1, 0.15) is 0 Å². The Balaban J connectivity index is 1.90. The predicted octanol–water partition coefficient (Wildman–Crippen LogP) is 1.16. The molecule has 2 saturated heterocycles. The third-order valence-electron chi connectivity index (χ3n) is 5.09. The van der Waals surface area contributed by atoms with Gasteiger partial charge in [-0.05, 0) is 32.1 Å². The van der Waals surface area contributed by atoms with Crippen LogP contribution >= 0.6 is 0 Å². The van der Waals surface area contributed by atoms with Crippen LogP contribution in [0.5, 0.6) is 0 Å². The molecule has 2 rings (SSSR count). The molecule has 2 aliphatic rings. The maximum absolute atomic E-state index is 9.23. The van der Waals surface area contributed by atoms with Crippen LogP contribution in [0, 0.1) is 5.92 Å². The van der Waals surface area contributed by atoms with E-state index >= 15 is 0 Å². The van der Waals surface area contributed by atoms with Crippen molar-refractivity contribution in [3.63, 3.8) is 0 Å². The minimum absolute atomic E-state index is 0.263. The van der Waals surface area contributed by atoms with Crippen LogP contribution in [0.25, 0.3) is 0 Å². The number of hydrogen-bond donors (Lipinski definition) is 2. The molecule has 0 saturated carbocycles. The van der Waals surface area contributed by atoms with Crippen molar-refractivity contribution in [2.45, 2.75) is 45.6 Å². The molecular formula is C18H36N4O2. The highest BCUT2D eigenvalue weighted by molar-refractivity contribution is 5.80. The molecule has 24 heavy (non-hydrogen) atoms. The highest BCUT2D eigenvalue weighted by Gasteiger charge is 2.30. The second kappa shape index (κ2) is 10.9. The number of nitrogens with one attached hydrogen (secondary N) is 1. The largest absolute Gasteiger partial charge is 0.396 e. The number of rotatable bonds is 8. The van der Waals surface area contributed by atoms with Gasteiger partial charge in [0, 0.05) is 51.9 Å². The van der Waals surface area contributed by atoms with Crippen molar-refractivity contribution in [1.29, 1.82) is 0 Å². The van der Waals surface area contributed by atoms with Crippen LogP contribution in [0.2, 0.25) is 0 Å². The summed E-state index contributed by atoms with van der Waals surface area (Å²) >= 11 is 0. The summed E-state index contributed by atoms with van der Waals surface area (Å²) in [6.45, 7) is 12.3. The lowest BCUT2D eigenvalue weighted by Gasteiger charge is -2.32. The molecule has 0 aliphatic carbocycles. The van der Waals surface area contributed by atoms with Gasteiger partial charge in [0.2, 0.25) is 0 Å². The molecule has 0 spiro atoms. The lowest BCUT2D eigenvalue weighted by Crippen LogP contribution is -2.46. The van der Waals surface area contributed by atoms with Gasteiger partial charge in [0.25, 0.3) is 0 Å². The molecule has 0 aromatic heterocycles. The minimum Gasteiger partial charge on any atom is -0.396 e. The average molecular weight is 341 g/mol. The normalized spacial score (nSPS) is 24.4. The van der Waals surface area contributed by atoms with Crippen molar-refractivity contribution in [2.24, 2.45) is 10.9 Å². The number of ether oxygens (including phenoxy) is 1. The number of aliphatic imine (C=N–C) groups is 1. The van der Waals surface area contributed by atoms with E-state index in [-0.39, 0.29) is 6.61 Å². The summed E-state index contributed by atoms with van der Waals surface area (Å²) in [5.74, 6) is 1.54. The lowest BCUT2D eigenvalue weighted by atomic mass is 10.0. The van der Waals surface area contributed by atoms with E-state index < -0.39 is 0 Å². The molecule has 0 bridgehead atoms. The molecule has 2 aliphatic heterocycles. The first-order chi connectivity index (χ1) is 11.8. The zero-order chi connectivity index (χ0) is 17.2. The quantitative estimate of drug-likeness (QED) is 0.513. The highest BCUT2D eigenvalue weighted by Crippen LogP contribution is 2.18. The highest BCUT2D eigenvalue weighted by atomic mass is 16.5. The maximum Gasteiger partial charge on any atom is 0.193 e. The Morgan fingerprint density at radius 2 is 2.04 bits per heavy atom. The van der Waals surface area contributed by atoms with Gasteiger partial charge in [-0.25, -0.2) is 0 Å². The number of hydrogen-bond acceptors (Lipinski definition) is 4. The minimum atomic E-state index is 0.263. The first-order valence-corrected chi connectivity index (χ1v) is 9.74. The Labute approximate surface area is 147 Å². The number of guanidine groups is 1. The topological polar surface area (TPSA) is 60.3 Å². The molecule has 6 nitrogen and oxygen atoms in total. The van der Waals surface area contributed by atoms with E-state index in [0.29, 0.717) is 12.0 Å². The van der Waals surface area contributed by atoms with E-state index in [2.05, 4.69) is 29.0 Å². The van der Waals surface area contributed by atoms with Gasteiger partial charge in [-0.3, -0.25) is 9.89 Å². The van der Waals surface area contributed by atoms with Crippen molar-refractivity contribution >= 4 is 5.96 Å². The van der Waals surface area contributed by atoms with E-state index in [0.717, 1.165) is 77.7 Å². The maximum atomic E-state index is 9.23. The summed E-state index contributed by atoms with van der Waals surface area (Å²) in [6.07, 6.45) is 4.35. The molecule has 6 heteroatoms. The molecule has 2 unspecified atom stereocenters. The van der Waals surface area contributed by atoms with Crippen LogP contribution in [0.1, 0.15) is 39.5 Å². The van der Waals surface area contributed by atoms with Crippen molar-refractivity contribution < 1.29 is 9.84 Å². The lowest BCUT2D eigenvalue weighted by molar-refractivity contribution is 0.0195. The fraction of sp³-hybridized carbons (Fsp3) is 0.944. The Kier molecular flexibility index (Phi) is 8.84. The van der Waals surface area contributed by atoms with Gasteiger partial charge in [-0.15, -0.1) is 0 Å². The fourth-order valence-electron chi connectivity index (χ4n) is 3.73. The monoisotopic (exact) mass is 340 g/mol. The van der Waals surface area contributed by atoms with Gasteiger partial charge in [-0.1, -0.05) is 13.3 Å². The van der Waals surface area contributed by atoms with Crippen molar-refractivity contribution in [1.82, 2.24) is 15.1 Å². The van der Waals surface area contributed by atoms with Gasteiger partial charge < -0.3 is 20.1 Å². The number of aliphatic hydroxyl groups is 1. The second-order valence-electron chi connectivity index (χ2n) is 6.90. The standard InChI is InChI=1S/C18H36N4O2/c1-3-5-16(7-11-23)14-20-18(19-4-2)22-8-6-17(15-22)21-9-12-24-13-10-21/h16-17,23H,3-15H2,1-2H3,(H,19,20). The molecule has 0 aromatic carbocycles. The van der Waals surface area contributed by atoms with E-state index in [1.807, 2.05) is 0 Å². The number of morpholine rings is 1. The predicted molar refractivity (Wildman–Crippen MR) is 98.4 cm³/mol. The van der Waals surface area contributed by atoms with Crippen LogP contribution < -0.4 is 5.32 Å². The van der Waals surface area contributed by atoms with Crippen LogP contribution in [0.4, 0.5) is 0 Å². The van der Waals surface area contributed by atoms with E-state index in [4.69, 9.17) is 9.73 Å². The zero-order valence-electron chi connectivity index (χ0n) is 15.5. The van der Waals surface area contributed by atoms with Crippen LogP contribution in [-0.4, -0.2) is 86.0 Å². The Morgan fingerprint density at radius 3 is 2.71 bits per heavy atom. The van der Waals surface area contributed by atoms with Gasteiger partial charge in [0.05, 0.1) is 13.2 Å². The van der Waals surface area contributed by atoms with Crippen LogP contribution in [0.15, 0.2) is 4.99 Å². The molecule has 2 heterocycles. The Hall–Kier alpha value is -0.850. The summed E-state index contributed by atoms with van der Waals surface area (Å²) in [5, 5.41) is 12.7. The number of likely N-dealkylation sites (tertiary alicyclic amines) is 1. The van der Waals surface area contributed by atoms with Crippen molar-refractivity contribution in [2.75, 3.05) is 59.1 Å². The van der Waals surface area contributed by atoms with Crippen molar-refractivity contribution in [3.8, 4) is 0 Å². The summed E-state index contributed by atoms with van der Waals surface area (Å²) in [4.78, 5) is 9.87. The first kappa shape index (κ1) is 19.5. The third-order valence-corrected chi connectivity index (χ3v) is 5.09. The second-order valence-corrected chi connectivity index (χ2v) is 6.90. The summed E-state index contributed by atoms with van der Waals surface area (Å²) < 4.78 is 5.47. The van der Waals surface area contributed by atoms with Gasteiger partial charge >= 0.3 is 0 Å². The third kappa shape index (κ3) is 5.90. The van der Waals surface area contributed by atoms with Crippen LogP contribution in [-0.2, 0) is 4.74 Å². The molecule has 2 fully saturated rings. The van der Waals surface area contributed by atoms with Gasteiger partial charge in [0.15, 0.2) is 5.96 Å². The van der Waals surface area contributed by atoms with E-state index in [9.17, 15) is 5.11 Å². The summed E-state index contributed by atoms with van der Waals surface area (Å²) in [6, 6.07) is 0.627. The molecular weight excluding hydrogens is 304 g/mol. The first-order valence-electron chi connectivity index (χ1n) is 9.74. The zero-order valence-corrected chi connectivity index (χ0v) is 15.5. The summed E-state index contributed by atoms with van der Waals surface area (Å²) in [5.41, 5.74) is 0. The van der Waals surface area contributed by atoms with Crippen molar-refractivity contribution in [3.05, 3.63) is 0 Å². The van der Waals surface area contributed by atoms with E-state index in [1.54, 1.807) is 0 Å². The Bertz CT molecular complexity index is 366. The Morgan fingerprint density at radius 1 is 1.25 bits per heavy atom. The summed E-state index contributed by atoms with van der Waals surface area (Å²) in [7, 11) is 0. The molecule has 2 N–H and O–H groups in total. The number of aliphatic hydroxyl groups excluding tert-OH is 1. The molecule has 0 radical (unpaired) electrons. The number of nitrogens with zero attached hydrogens (tertiary/aromatic N) is 3. The molecule has 140 valence electrons. The van der Waals surface area contributed by atoms with Gasteiger partial charge in [-0.2, -0.15) is 0 Å². The average Bonchev–Trinajstić information content (AvgIpc) is 3.09. The van der Waals surface area contributed by atoms with Crippen LogP contribution in [0.3, 0.4) is 0 Å². The fourth-order valence-corrected chi connectivity index (χ4v) is 3.73. The SMILES string of the molecule is CCCC(CCO)CN=C(NCC)N1CCC(N2CCOCC2)C1. The smallest absolute Gasteiger partial charge is 0.193 e. The molecule has 2 atom stereocenters.